The van der Waals surface area contributed by atoms with Crippen LogP contribution in [0.2, 0.25) is 0 Å². The molecule has 3 aromatic heterocycles. The molecule has 0 unspecified atom stereocenters. The molecule has 0 aliphatic heterocycles. The van der Waals surface area contributed by atoms with Crippen molar-refractivity contribution in [3.05, 3.63) is 105 Å². The number of pyridine rings is 3. The lowest BCUT2D eigenvalue weighted by Gasteiger charge is -2.00. The van der Waals surface area contributed by atoms with E-state index in [0.29, 0.717) is 36.4 Å². The minimum absolute atomic E-state index is 0.203. The molecule has 36 heavy (non-hydrogen) atoms. The maximum absolute atomic E-state index is 13.8. The summed E-state index contributed by atoms with van der Waals surface area (Å²) in [6, 6.07) is 9.37. The molecule has 6 nitrogen and oxygen atoms in total. The summed E-state index contributed by atoms with van der Waals surface area (Å²) in [6.07, 6.45) is 0. The number of hydrogen-bond donors (Lipinski definition) is 0. The van der Waals surface area contributed by atoms with Crippen molar-refractivity contribution in [2.75, 3.05) is 0 Å². The molecule has 3 heterocycles. The van der Waals surface area contributed by atoms with Crippen LogP contribution in [0.15, 0.2) is 53.1 Å². The van der Waals surface area contributed by atoms with Gasteiger partial charge in [-0.2, -0.15) is 57.1 Å². The Morgan fingerprint density at radius 1 is 0.444 bits per heavy atom. The van der Waals surface area contributed by atoms with E-state index in [9.17, 15) is 42.1 Å². The van der Waals surface area contributed by atoms with Gasteiger partial charge in [0, 0.05) is 69.8 Å². The summed E-state index contributed by atoms with van der Waals surface area (Å²) in [4.78, 5) is 8.79. The Labute approximate surface area is 198 Å². The Morgan fingerprint density at radius 3 is 0.806 bits per heavy atom. The lowest BCUT2D eigenvalue weighted by molar-refractivity contribution is 0.511. The highest BCUT2D eigenvalue weighted by Gasteiger charge is 2.41. The standard InChI is InChI=1S/C24H6F6N6/c25-16-1-10(2-17(26)34-16)13(7-31)22-23(14(8-32)11-3-18(27)35-19(28)4-11)24(22)15(9-33)12-5-20(29)36-21(30)6-12/h1-6H. The predicted octanol–water partition coefficient (Wildman–Crippen LogP) is 4.95. The first-order valence-electron chi connectivity index (χ1n) is 9.61. The Kier molecular flexibility index (Phi) is 6.07. The van der Waals surface area contributed by atoms with Crippen LogP contribution < -0.4 is 0 Å². The molecule has 1 aliphatic rings. The third-order valence-electron chi connectivity index (χ3n) is 4.93. The smallest absolute Gasteiger partial charge is 0.192 e. The SMILES string of the molecule is N#CC(=C1C(=C(C#N)c2cc(F)nc(F)c2)C1=C(C#N)c1cc(F)nc(F)c1)c1cc(F)nc(F)c1. The van der Waals surface area contributed by atoms with Gasteiger partial charge in [-0.05, 0) is 0 Å². The third-order valence-corrected chi connectivity index (χ3v) is 4.93. The van der Waals surface area contributed by atoms with E-state index in [2.05, 4.69) is 15.0 Å². The zero-order valence-corrected chi connectivity index (χ0v) is 17.4. The van der Waals surface area contributed by atoms with Crippen LogP contribution in [0.3, 0.4) is 0 Å². The van der Waals surface area contributed by atoms with Gasteiger partial charge in [0.1, 0.15) is 18.2 Å². The average Bonchev–Trinajstić information content (AvgIpc) is 3.47. The topological polar surface area (TPSA) is 110 Å². The fourth-order valence-electron chi connectivity index (χ4n) is 3.56. The van der Waals surface area contributed by atoms with Gasteiger partial charge < -0.3 is 0 Å². The normalized spacial score (nSPS) is 11.9. The van der Waals surface area contributed by atoms with Crippen LogP contribution in [-0.4, -0.2) is 15.0 Å². The van der Waals surface area contributed by atoms with Crippen LogP contribution in [0.4, 0.5) is 26.3 Å². The molecule has 0 radical (unpaired) electrons. The zero-order chi connectivity index (χ0) is 26.1. The molecule has 1 aliphatic carbocycles. The summed E-state index contributed by atoms with van der Waals surface area (Å²) in [5.41, 5.74) is -2.93. The number of allylic oxidation sites excluding steroid dienone is 6. The van der Waals surface area contributed by atoms with Crippen LogP contribution in [0, 0.1) is 69.7 Å². The Bertz CT molecular complexity index is 1410. The summed E-state index contributed by atoms with van der Waals surface area (Å²) in [5, 5.41) is 29.4. The molecule has 0 spiro atoms. The maximum atomic E-state index is 13.8. The van der Waals surface area contributed by atoms with Gasteiger partial charge in [0.05, 0.1) is 16.7 Å². The predicted molar refractivity (Wildman–Crippen MR) is 110 cm³/mol. The highest BCUT2D eigenvalue weighted by Crippen LogP contribution is 2.55. The van der Waals surface area contributed by atoms with E-state index in [4.69, 9.17) is 0 Å². The monoisotopic (exact) mass is 492 g/mol. The van der Waals surface area contributed by atoms with Crippen LogP contribution in [-0.2, 0) is 0 Å². The van der Waals surface area contributed by atoms with E-state index < -0.39 is 52.4 Å². The lowest BCUT2D eigenvalue weighted by Crippen LogP contribution is -1.93. The van der Waals surface area contributed by atoms with Crippen molar-refractivity contribution in [2.45, 2.75) is 0 Å². The van der Waals surface area contributed by atoms with Crippen LogP contribution in [0.5, 0.6) is 0 Å². The number of hydrogen-bond acceptors (Lipinski definition) is 6. The van der Waals surface area contributed by atoms with Crippen molar-refractivity contribution in [1.29, 1.82) is 15.8 Å². The van der Waals surface area contributed by atoms with Gasteiger partial charge in [0.15, 0.2) is 0 Å². The van der Waals surface area contributed by atoms with Gasteiger partial charge in [0.2, 0.25) is 35.7 Å². The minimum atomic E-state index is -1.28. The molecule has 0 saturated heterocycles. The lowest BCUT2D eigenvalue weighted by atomic mass is 10.0. The van der Waals surface area contributed by atoms with Crippen molar-refractivity contribution in [1.82, 2.24) is 15.0 Å². The summed E-state index contributed by atoms with van der Waals surface area (Å²) >= 11 is 0. The van der Waals surface area contributed by atoms with Crippen molar-refractivity contribution in [3.8, 4) is 18.2 Å². The van der Waals surface area contributed by atoms with Crippen molar-refractivity contribution >= 4 is 16.7 Å². The molecule has 0 aromatic carbocycles. The van der Waals surface area contributed by atoms with Gasteiger partial charge in [-0.25, -0.2) is 0 Å². The van der Waals surface area contributed by atoms with E-state index in [1.807, 2.05) is 0 Å². The van der Waals surface area contributed by atoms with E-state index in [0.717, 1.165) is 0 Å². The van der Waals surface area contributed by atoms with Crippen LogP contribution in [0.25, 0.3) is 16.7 Å². The molecule has 4 rings (SSSR count). The first-order valence-corrected chi connectivity index (χ1v) is 9.61. The summed E-state index contributed by atoms with van der Waals surface area (Å²) in [6.45, 7) is 0. The number of rotatable bonds is 3. The highest BCUT2D eigenvalue weighted by atomic mass is 19.2. The number of halogens is 6. The second kappa shape index (κ2) is 9.16. The molecular formula is C24H6F6N6. The average molecular weight is 492 g/mol. The molecule has 1 fully saturated rings. The maximum Gasteiger partial charge on any atom is 0.216 e. The van der Waals surface area contributed by atoms with Crippen LogP contribution >= 0.6 is 0 Å². The molecule has 0 atom stereocenters. The van der Waals surface area contributed by atoms with Gasteiger partial charge in [0.25, 0.3) is 0 Å². The summed E-state index contributed by atoms with van der Waals surface area (Å²) in [5.74, 6) is -7.71. The number of nitrogens with zero attached hydrogens (tertiary/aromatic N) is 6. The molecule has 0 N–H and O–H groups in total. The molecule has 3 aromatic rings. The van der Waals surface area contributed by atoms with E-state index >= 15 is 0 Å². The third kappa shape index (κ3) is 4.41. The zero-order valence-electron chi connectivity index (χ0n) is 17.4. The van der Waals surface area contributed by atoms with Gasteiger partial charge in [-0.15, -0.1) is 0 Å². The first kappa shape index (κ1) is 23.9. The molecule has 12 heteroatoms. The van der Waals surface area contributed by atoms with Crippen molar-refractivity contribution in [2.24, 2.45) is 0 Å². The second-order valence-electron chi connectivity index (χ2n) is 7.09. The second-order valence-corrected chi connectivity index (χ2v) is 7.09. The van der Waals surface area contributed by atoms with E-state index in [1.54, 1.807) is 18.2 Å². The van der Waals surface area contributed by atoms with Gasteiger partial charge in [-0.1, -0.05) is 0 Å². The molecule has 0 amide bonds. The molecule has 1 saturated carbocycles. The van der Waals surface area contributed by atoms with E-state index in [1.165, 1.54) is 0 Å². The molecule has 0 bridgehead atoms. The highest BCUT2D eigenvalue weighted by molar-refractivity contribution is 6.11. The Hall–Kier alpha value is -5.28. The van der Waals surface area contributed by atoms with Crippen molar-refractivity contribution < 1.29 is 26.3 Å². The largest absolute Gasteiger partial charge is 0.216 e. The van der Waals surface area contributed by atoms with Crippen molar-refractivity contribution in [3.63, 3.8) is 0 Å². The number of nitriles is 3. The first-order chi connectivity index (χ1) is 17.2. The minimum Gasteiger partial charge on any atom is -0.192 e. The Morgan fingerprint density at radius 2 is 0.639 bits per heavy atom. The van der Waals surface area contributed by atoms with Crippen LogP contribution in [0.1, 0.15) is 16.7 Å². The summed E-state index contributed by atoms with van der Waals surface area (Å²) < 4.78 is 82.6. The summed E-state index contributed by atoms with van der Waals surface area (Å²) in [7, 11) is 0. The molecular weight excluding hydrogens is 486 g/mol. The number of aromatic nitrogens is 3. The fraction of sp³-hybridized carbons (Fsp3) is 0. The van der Waals surface area contributed by atoms with E-state index in [-0.39, 0.29) is 33.4 Å². The quantitative estimate of drug-likeness (QED) is 0.291. The van der Waals surface area contributed by atoms with Gasteiger partial charge >= 0.3 is 0 Å². The van der Waals surface area contributed by atoms with Gasteiger partial charge in [-0.3, -0.25) is 0 Å². The molecule has 174 valence electrons. The Balaban J connectivity index is 2.14. The fourth-order valence-corrected chi connectivity index (χ4v) is 3.56.